The Morgan fingerprint density at radius 2 is 2.14 bits per heavy atom. The third kappa shape index (κ3) is 2.85. The minimum Gasteiger partial charge on any atom is -0.385 e. The highest BCUT2D eigenvalue weighted by atomic mass is 127. The molecule has 0 saturated carbocycles. The van der Waals surface area contributed by atoms with E-state index in [0.717, 1.165) is 19.8 Å². The highest BCUT2D eigenvalue weighted by Crippen LogP contribution is 2.15. The molecule has 1 aromatic rings. The first-order chi connectivity index (χ1) is 6.84. The standard InChI is InChI=1S/C11H14INO/c12-10-1-3-11(4-2-10)13-7-9-5-6-14-8-9/h1-4,9,13H,5-8H2. The van der Waals surface area contributed by atoms with E-state index >= 15 is 0 Å². The van der Waals surface area contributed by atoms with Gasteiger partial charge >= 0.3 is 0 Å². The van der Waals surface area contributed by atoms with Gasteiger partial charge < -0.3 is 10.1 Å². The fourth-order valence-electron chi connectivity index (χ4n) is 1.57. The molecule has 1 heterocycles. The zero-order chi connectivity index (χ0) is 9.80. The molecule has 2 nitrogen and oxygen atoms in total. The van der Waals surface area contributed by atoms with Crippen molar-refractivity contribution >= 4 is 28.3 Å². The largest absolute Gasteiger partial charge is 0.385 e. The van der Waals surface area contributed by atoms with Gasteiger partial charge in [-0.3, -0.25) is 0 Å². The fraction of sp³-hybridized carbons (Fsp3) is 0.455. The molecule has 0 radical (unpaired) electrons. The summed E-state index contributed by atoms with van der Waals surface area (Å²) in [7, 11) is 0. The Bertz CT molecular complexity index is 280. The van der Waals surface area contributed by atoms with E-state index in [1.165, 1.54) is 15.7 Å². The summed E-state index contributed by atoms with van der Waals surface area (Å²) in [6.45, 7) is 2.87. The molecule has 76 valence electrons. The van der Waals surface area contributed by atoms with Crippen LogP contribution in [0.3, 0.4) is 0 Å². The van der Waals surface area contributed by atoms with Crippen LogP contribution in [0.4, 0.5) is 5.69 Å². The van der Waals surface area contributed by atoms with Crippen LogP contribution in [-0.2, 0) is 4.74 Å². The Morgan fingerprint density at radius 3 is 2.79 bits per heavy atom. The first-order valence-corrected chi connectivity index (χ1v) is 5.99. The zero-order valence-electron chi connectivity index (χ0n) is 8.00. The highest BCUT2D eigenvalue weighted by Gasteiger charge is 2.14. The molecule has 0 aromatic heterocycles. The van der Waals surface area contributed by atoms with E-state index in [2.05, 4.69) is 52.2 Å². The second kappa shape index (κ2) is 4.98. The normalized spacial score (nSPS) is 21.1. The Hall–Kier alpha value is -0.290. The minimum absolute atomic E-state index is 0.689. The number of hydrogen-bond acceptors (Lipinski definition) is 2. The van der Waals surface area contributed by atoms with Gasteiger partial charge in [0.2, 0.25) is 0 Å². The first-order valence-electron chi connectivity index (χ1n) is 4.92. The van der Waals surface area contributed by atoms with Crippen molar-refractivity contribution in [3.63, 3.8) is 0 Å². The predicted molar refractivity (Wildman–Crippen MR) is 66.6 cm³/mol. The molecule has 1 fully saturated rings. The quantitative estimate of drug-likeness (QED) is 0.867. The minimum atomic E-state index is 0.689. The van der Waals surface area contributed by atoms with Crippen LogP contribution in [0.1, 0.15) is 6.42 Å². The second-order valence-electron chi connectivity index (χ2n) is 3.62. The molecule has 0 amide bonds. The number of anilines is 1. The van der Waals surface area contributed by atoms with Crippen LogP contribution < -0.4 is 5.32 Å². The van der Waals surface area contributed by atoms with Crippen molar-refractivity contribution in [2.24, 2.45) is 5.92 Å². The van der Waals surface area contributed by atoms with Crippen LogP contribution in [0.5, 0.6) is 0 Å². The number of nitrogens with one attached hydrogen (secondary N) is 1. The van der Waals surface area contributed by atoms with Crippen LogP contribution in [0.15, 0.2) is 24.3 Å². The smallest absolute Gasteiger partial charge is 0.0511 e. The number of rotatable bonds is 3. The third-order valence-corrected chi connectivity index (χ3v) is 3.18. The van der Waals surface area contributed by atoms with E-state index in [0.29, 0.717) is 5.92 Å². The summed E-state index contributed by atoms with van der Waals surface area (Å²) in [4.78, 5) is 0. The lowest BCUT2D eigenvalue weighted by Crippen LogP contribution is -2.13. The van der Waals surface area contributed by atoms with Gasteiger partial charge in [0.05, 0.1) is 6.61 Å². The summed E-state index contributed by atoms with van der Waals surface area (Å²) >= 11 is 2.32. The summed E-state index contributed by atoms with van der Waals surface area (Å²) in [6, 6.07) is 8.48. The SMILES string of the molecule is Ic1ccc(NCC2CCOC2)cc1. The van der Waals surface area contributed by atoms with Crippen molar-refractivity contribution < 1.29 is 4.74 Å². The maximum absolute atomic E-state index is 5.32. The molecule has 1 aliphatic rings. The summed E-state index contributed by atoms with van der Waals surface area (Å²) in [5.41, 5.74) is 1.21. The zero-order valence-corrected chi connectivity index (χ0v) is 10.2. The van der Waals surface area contributed by atoms with Gasteiger partial charge in [-0.25, -0.2) is 0 Å². The van der Waals surface area contributed by atoms with Crippen molar-refractivity contribution in [2.45, 2.75) is 6.42 Å². The van der Waals surface area contributed by atoms with Crippen molar-refractivity contribution in [3.05, 3.63) is 27.8 Å². The molecule has 0 spiro atoms. The number of ether oxygens (including phenoxy) is 1. The van der Waals surface area contributed by atoms with E-state index in [1.807, 2.05) is 0 Å². The van der Waals surface area contributed by atoms with E-state index in [4.69, 9.17) is 4.74 Å². The number of halogens is 1. The summed E-state index contributed by atoms with van der Waals surface area (Å²) in [6.07, 6.45) is 1.19. The lowest BCUT2D eigenvalue weighted by atomic mass is 10.1. The molecule has 0 aliphatic carbocycles. The van der Waals surface area contributed by atoms with Crippen LogP contribution in [0, 0.1) is 9.49 Å². The maximum Gasteiger partial charge on any atom is 0.0511 e. The van der Waals surface area contributed by atoms with Gasteiger partial charge in [0.15, 0.2) is 0 Å². The van der Waals surface area contributed by atoms with E-state index in [9.17, 15) is 0 Å². The van der Waals surface area contributed by atoms with Crippen molar-refractivity contribution in [2.75, 3.05) is 25.1 Å². The molecule has 1 N–H and O–H groups in total. The van der Waals surface area contributed by atoms with E-state index in [-0.39, 0.29) is 0 Å². The van der Waals surface area contributed by atoms with Crippen LogP contribution >= 0.6 is 22.6 Å². The number of hydrogen-bond donors (Lipinski definition) is 1. The highest BCUT2D eigenvalue weighted by molar-refractivity contribution is 14.1. The monoisotopic (exact) mass is 303 g/mol. The molecular weight excluding hydrogens is 289 g/mol. The Labute approximate surface area is 98.2 Å². The van der Waals surface area contributed by atoms with Gasteiger partial charge in [0.25, 0.3) is 0 Å². The number of benzene rings is 1. The summed E-state index contributed by atoms with van der Waals surface area (Å²) in [5.74, 6) is 0.689. The van der Waals surface area contributed by atoms with E-state index in [1.54, 1.807) is 0 Å². The molecule has 1 atom stereocenters. The Balaban J connectivity index is 1.82. The lowest BCUT2D eigenvalue weighted by molar-refractivity contribution is 0.187. The lowest BCUT2D eigenvalue weighted by Gasteiger charge is -2.10. The fourth-order valence-corrected chi connectivity index (χ4v) is 1.93. The van der Waals surface area contributed by atoms with Gasteiger partial charge in [-0.05, 0) is 53.3 Å². The van der Waals surface area contributed by atoms with Crippen LogP contribution in [0.2, 0.25) is 0 Å². The van der Waals surface area contributed by atoms with Gasteiger partial charge in [-0.15, -0.1) is 0 Å². The van der Waals surface area contributed by atoms with Crippen LogP contribution in [0.25, 0.3) is 0 Å². The Morgan fingerprint density at radius 1 is 1.36 bits per heavy atom. The van der Waals surface area contributed by atoms with Crippen molar-refractivity contribution in [3.8, 4) is 0 Å². The van der Waals surface area contributed by atoms with Gasteiger partial charge in [-0.2, -0.15) is 0 Å². The molecule has 2 rings (SSSR count). The molecule has 1 aromatic carbocycles. The Kier molecular flexibility index (Phi) is 3.64. The molecule has 1 saturated heterocycles. The predicted octanol–water partition coefficient (Wildman–Crippen LogP) is 2.74. The van der Waals surface area contributed by atoms with E-state index < -0.39 is 0 Å². The average molecular weight is 303 g/mol. The molecule has 14 heavy (non-hydrogen) atoms. The van der Waals surface area contributed by atoms with Gasteiger partial charge in [0.1, 0.15) is 0 Å². The molecule has 1 unspecified atom stereocenters. The van der Waals surface area contributed by atoms with Gasteiger partial charge in [-0.1, -0.05) is 0 Å². The molecule has 1 aliphatic heterocycles. The average Bonchev–Trinajstić information content (AvgIpc) is 2.70. The summed E-state index contributed by atoms with van der Waals surface area (Å²) in [5, 5.41) is 3.43. The topological polar surface area (TPSA) is 21.3 Å². The first kappa shape index (κ1) is 10.2. The maximum atomic E-state index is 5.32. The van der Waals surface area contributed by atoms with Crippen molar-refractivity contribution in [1.82, 2.24) is 0 Å². The van der Waals surface area contributed by atoms with Crippen LogP contribution in [-0.4, -0.2) is 19.8 Å². The second-order valence-corrected chi connectivity index (χ2v) is 4.86. The molecular formula is C11H14INO. The molecule has 0 bridgehead atoms. The summed E-state index contributed by atoms with van der Waals surface area (Å²) < 4.78 is 6.60. The third-order valence-electron chi connectivity index (χ3n) is 2.46. The van der Waals surface area contributed by atoms with Crippen molar-refractivity contribution in [1.29, 1.82) is 0 Å². The molecule has 3 heteroatoms. The van der Waals surface area contributed by atoms with Gasteiger partial charge in [0, 0.05) is 28.3 Å².